The molecule has 1 N–H and O–H groups in total. The Morgan fingerprint density at radius 1 is 1.42 bits per heavy atom. The number of nitrogens with zero attached hydrogens (tertiary/aromatic N) is 3. The van der Waals surface area contributed by atoms with Crippen LogP contribution in [0.15, 0.2) is 49.3 Å². The quantitative estimate of drug-likeness (QED) is 0.555. The van der Waals surface area contributed by atoms with Gasteiger partial charge in [-0.2, -0.15) is 5.10 Å². The summed E-state index contributed by atoms with van der Waals surface area (Å²) in [5, 5.41) is 7.76. The zero-order valence-corrected chi connectivity index (χ0v) is 15.2. The number of carbonyl (C=O) groups is 1. The van der Waals surface area contributed by atoms with Crippen LogP contribution in [0.2, 0.25) is 0 Å². The van der Waals surface area contributed by atoms with E-state index >= 15 is 0 Å². The summed E-state index contributed by atoms with van der Waals surface area (Å²) in [5.41, 5.74) is 1.91. The molecule has 0 spiro atoms. The van der Waals surface area contributed by atoms with Crippen LogP contribution in [-0.2, 0) is 11.3 Å². The number of hydrogen-bond donors (Lipinski definition) is 1. The first-order valence-electron chi connectivity index (χ1n) is 9.01. The molecule has 2 heterocycles. The Morgan fingerprint density at radius 3 is 3.08 bits per heavy atom. The molecule has 3 rings (SSSR count). The maximum Gasteiger partial charge on any atom is 0.223 e. The molecular weight excluding hydrogens is 328 g/mol. The second kappa shape index (κ2) is 8.67. The van der Waals surface area contributed by atoms with Gasteiger partial charge < -0.3 is 15.0 Å². The minimum Gasteiger partial charge on any atom is -0.494 e. The van der Waals surface area contributed by atoms with E-state index in [9.17, 15) is 4.79 Å². The highest BCUT2D eigenvalue weighted by molar-refractivity contribution is 5.78. The van der Waals surface area contributed by atoms with Crippen molar-refractivity contribution in [1.29, 1.82) is 0 Å². The molecule has 1 aromatic carbocycles. The van der Waals surface area contributed by atoms with Crippen LogP contribution in [0, 0.1) is 0 Å². The number of carbonyl (C=O) groups excluding carboxylic acids is 1. The number of methoxy groups -OCH3 is 1. The third-order valence-corrected chi connectivity index (χ3v) is 4.72. The smallest absolute Gasteiger partial charge is 0.223 e. The van der Waals surface area contributed by atoms with Gasteiger partial charge in [-0.3, -0.25) is 4.79 Å². The number of nitrogens with one attached hydrogen (secondary N) is 1. The number of para-hydroxylation sites is 2. The molecular formula is C20H26N4O2. The predicted octanol–water partition coefficient (Wildman–Crippen LogP) is 2.54. The Kier molecular flexibility index (Phi) is 6.07. The fraction of sp³-hybridized carbons (Fsp3) is 0.400. The van der Waals surface area contributed by atoms with Crippen LogP contribution in [0.1, 0.15) is 24.8 Å². The third-order valence-electron chi connectivity index (χ3n) is 4.72. The molecule has 0 bridgehead atoms. The fourth-order valence-electron chi connectivity index (χ4n) is 3.37. The first-order chi connectivity index (χ1) is 12.7. The second-order valence-corrected chi connectivity index (χ2v) is 6.46. The summed E-state index contributed by atoms with van der Waals surface area (Å²) >= 11 is 0. The minimum absolute atomic E-state index is 0.226. The van der Waals surface area contributed by atoms with Gasteiger partial charge in [0.15, 0.2) is 0 Å². The van der Waals surface area contributed by atoms with Crippen molar-refractivity contribution in [3.63, 3.8) is 0 Å². The van der Waals surface area contributed by atoms with Crippen LogP contribution >= 0.6 is 0 Å². The lowest BCUT2D eigenvalue weighted by molar-refractivity contribution is -0.129. The average molecular weight is 354 g/mol. The standard InChI is InChI=1S/C20H26N4O2/c1-3-11-21-12-10-17-8-9-20(25)23(17)14-16-13-22-24(15-16)18-6-4-5-7-19(18)26-2/h3-7,13,15,17,21H,1,8-12,14H2,2H3. The first-order valence-corrected chi connectivity index (χ1v) is 9.01. The van der Waals surface area contributed by atoms with Crippen LogP contribution in [0.4, 0.5) is 0 Å². The zero-order chi connectivity index (χ0) is 18.4. The summed E-state index contributed by atoms with van der Waals surface area (Å²) in [6, 6.07) is 8.04. The number of hydrogen-bond acceptors (Lipinski definition) is 4. The van der Waals surface area contributed by atoms with Gasteiger partial charge in [0.2, 0.25) is 5.91 Å². The van der Waals surface area contributed by atoms with Crippen LogP contribution in [0.5, 0.6) is 5.75 Å². The zero-order valence-electron chi connectivity index (χ0n) is 15.2. The molecule has 1 aromatic heterocycles. The Balaban J connectivity index is 1.67. The van der Waals surface area contributed by atoms with Crippen molar-refractivity contribution in [3.8, 4) is 11.4 Å². The highest BCUT2D eigenvalue weighted by Crippen LogP contribution is 2.25. The molecule has 6 nitrogen and oxygen atoms in total. The van der Waals surface area contributed by atoms with Gasteiger partial charge in [-0.1, -0.05) is 18.2 Å². The second-order valence-electron chi connectivity index (χ2n) is 6.46. The highest BCUT2D eigenvalue weighted by atomic mass is 16.5. The topological polar surface area (TPSA) is 59.4 Å². The van der Waals surface area contributed by atoms with Crippen molar-refractivity contribution < 1.29 is 9.53 Å². The van der Waals surface area contributed by atoms with Crippen LogP contribution in [-0.4, -0.2) is 46.8 Å². The number of rotatable bonds is 9. The summed E-state index contributed by atoms with van der Waals surface area (Å²) in [4.78, 5) is 14.3. The monoisotopic (exact) mass is 354 g/mol. The summed E-state index contributed by atoms with van der Waals surface area (Å²) < 4.78 is 7.20. The maximum atomic E-state index is 12.3. The SMILES string of the molecule is C=CCNCCC1CCC(=O)N1Cc1cnn(-c2ccccc2OC)c1. The molecule has 1 atom stereocenters. The van der Waals surface area contributed by atoms with E-state index < -0.39 is 0 Å². The Morgan fingerprint density at radius 2 is 2.27 bits per heavy atom. The van der Waals surface area contributed by atoms with Gasteiger partial charge in [-0.15, -0.1) is 6.58 Å². The van der Waals surface area contributed by atoms with Gasteiger partial charge in [-0.05, 0) is 31.5 Å². The summed E-state index contributed by atoms with van der Waals surface area (Å²) in [6.45, 7) is 5.99. The van der Waals surface area contributed by atoms with E-state index in [0.29, 0.717) is 13.0 Å². The number of benzene rings is 1. The number of amides is 1. The van der Waals surface area contributed by atoms with Gasteiger partial charge in [0.1, 0.15) is 11.4 Å². The lowest BCUT2D eigenvalue weighted by atomic mass is 10.1. The molecule has 1 unspecified atom stereocenters. The normalized spacial score (nSPS) is 16.9. The molecule has 1 amide bonds. The van der Waals surface area contributed by atoms with Gasteiger partial charge in [-0.25, -0.2) is 4.68 Å². The van der Waals surface area contributed by atoms with Gasteiger partial charge >= 0.3 is 0 Å². The van der Waals surface area contributed by atoms with Crippen molar-refractivity contribution in [1.82, 2.24) is 20.0 Å². The summed E-state index contributed by atoms with van der Waals surface area (Å²) in [7, 11) is 1.65. The van der Waals surface area contributed by atoms with E-state index in [0.717, 1.165) is 42.9 Å². The van der Waals surface area contributed by atoms with Crippen molar-refractivity contribution in [2.75, 3.05) is 20.2 Å². The molecule has 138 valence electrons. The molecule has 1 saturated heterocycles. The van der Waals surface area contributed by atoms with Crippen LogP contribution in [0.3, 0.4) is 0 Å². The van der Waals surface area contributed by atoms with Crippen molar-refractivity contribution >= 4 is 5.91 Å². The molecule has 1 fully saturated rings. The lowest BCUT2D eigenvalue weighted by Crippen LogP contribution is -2.34. The van der Waals surface area contributed by atoms with E-state index in [1.165, 1.54) is 0 Å². The maximum absolute atomic E-state index is 12.3. The van der Waals surface area contributed by atoms with Crippen LogP contribution < -0.4 is 10.1 Å². The first kappa shape index (κ1) is 18.2. The Bertz CT molecular complexity index is 756. The van der Waals surface area contributed by atoms with Crippen molar-refractivity contribution in [3.05, 3.63) is 54.9 Å². The molecule has 0 aliphatic carbocycles. The number of aromatic nitrogens is 2. The van der Waals surface area contributed by atoms with E-state index in [4.69, 9.17) is 4.74 Å². The number of likely N-dealkylation sites (tertiary alicyclic amines) is 1. The van der Waals surface area contributed by atoms with E-state index in [1.807, 2.05) is 47.6 Å². The third kappa shape index (κ3) is 4.14. The van der Waals surface area contributed by atoms with Gasteiger partial charge in [0, 0.05) is 37.3 Å². The van der Waals surface area contributed by atoms with Gasteiger partial charge in [0.25, 0.3) is 0 Å². The van der Waals surface area contributed by atoms with Crippen molar-refractivity contribution in [2.24, 2.45) is 0 Å². The average Bonchev–Trinajstić information content (AvgIpc) is 3.27. The van der Waals surface area contributed by atoms with E-state index in [1.54, 1.807) is 11.8 Å². The van der Waals surface area contributed by atoms with E-state index in [2.05, 4.69) is 17.0 Å². The molecule has 1 aliphatic heterocycles. The minimum atomic E-state index is 0.226. The summed E-state index contributed by atoms with van der Waals surface area (Å²) in [5.74, 6) is 0.995. The highest BCUT2D eigenvalue weighted by Gasteiger charge is 2.30. The predicted molar refractivity (Wildman–Crippen MR) is 101 cm³/mol. The molecule has 0 radical (unpaired) electrons. The molecule has 2 aromatic rings. The molecule has 0 saturated carbocycles. The fourth-order valence-corrected chi connectivity index (χ4v) is 3.37. The lowest BCUT2D eigenvalue weighted by Gasteiger charge is -2.24. The van der Waals surface area contributed by atoms with E-state index in [-0.39, 0.29) is 11.9 Å². The Hall–Kier alpha value is -2.60. The molecule has 1 aliphatic rings. The van der Waals surface area contributed by atoms with Crippen LogP contribution in [0.25, 0.3) is 5.69 Å². The Labute approximate surface area is 154 Å². The van der Waals surface area contributed by atoms with Gasteiger partial charge in [0.05, 0.1) is 13.3 Å². The largest absolute Gasteiger partial charge is 0.494 e. The molecule has 26 heavy (non-hydrogen) atoms. The molecule has 6 heteroatoms. The number of ether oxygens (including phenoxy) is 1. The van der Waals surface area contributed by atoms with Crippen molar-refractivity contribution in [2.45, 2.75) is 31.8 Å². The summed E-state index contributed by atoms with van der Waals surface area (Å²) in [6.07, 6.45) is 8.16.